The van der Waals surface area contributed by atoms with E-state index in [4.69, 9.17) is 16.3 Å². The van der Waals surface area contributed by atoms with Gasteiger partial charge in [-0.2, -0.15) is 13.2 Å². The number of nitrogens with one attached hydrogen (secondary N) is 2. The van der Waals surface area contributed by atoms with Crippen LogP contribution in [0.1, 0.15) is 24.1 Å². The van der Waals surface area contributed by atoms with E-state index in [1.165, 1.54) is 13.2 Å². The number of tetrazole rings is 1. The zero-order chi connectivity index (χ0) is 25.5. The summed E-state index contributed by atoms with van der Waals surface area (Å²) >= 11 is 6.12. The predicted molar refractivity (Wildman–Crippen MR) is 125 cm³/mol. The van der Waals surface area contributed by atoms with Crippen LogP contribution >= 0.6 is 11.6 Å². The molecule has 2 N–H and O–H groups in total. The lowest BCUT2D eigenvalue weighted by molar-refractivity contribution is -0.141. The van der Waals surface area contributed by atoms with Gasteiger partial charge in [0.1, 0.15) is 5.69 Å². The normalized spacial score (nSPS) is 14.4. The maximum atomic E-state index is 13.5. The topological polar surface area (TPSA) is 106 Å². The molecule has 1 saturated carbocycles. The number of rotatable bonds is 6. The molecule has 0 atom stereocenters. The third-order valence-corrected chi connectivity index (χ3v) is 6.29. The Labute approximate surface area is 207 Å². The Morgan fingerprint density at radius 1 is 1.11 bits per heavy atom. The lowest BCUT2D eigenvalue weighted by Gasteiger charge is -2.18. The number of halogens is 4. The van der Waals surface area contributed by atoms with Gasteiger partial charge in [0.2, 0.25) is 11.8 Å². The number of pyridine rings is 1. The fraction of sp³-hybridized carbons (Fsp3) is 0.208. The van der Waals surface area contributed by atoms with Gasteiger partial charge in [0, 0.05) is 22.3 Å². The molecule has 0 spiro atoms. The van der Waals surface area contributed by atoms with Crippen molar-refractivity contribution in [2.24, 2.45) is 0 Å². The first kappa shape index (κ1) is 23.7. The number of hydrogen-bond donors (Lipinski definition) is 2. The molecule has 1 aliphatic rings. The van der Waals surface area contributed by atoms with Crippen molar-refractivity contribution in [3.05, 3.63) is 70.9 Å². The Hall–Kier alpha value is -3.99. The van der Waals surface area contributed by atoms with Crippen LogP contribution in [0.4, 0.5) is 18.9 Å². The number of amides is 1. The predicted octanol–water partition coefficient (Wildman–Crippen LogP) is 5.28. The molecule has 184 valence electrons. The summed E-state index contributed by atoms with van der Waals surface area (Å²) in [6.45, 7) is 0. The number of nitrogens with zero attached hydrogens (tertiary/aromatic N) is 4. The van der Waals surface area contributed by atoms with Gasteiger partial charge >= 0.3 is 6.18 Å². The molecule has 1 amide bonds. The summed E-state index contributed by atoms with van der Waals surface area (Å²) in [5, 5.41) is 17.1. The lowest BCUT2D eigenvalue weighted by Crippen LogP contribution is -2.27. The summed E-state index contributed by atoms with van der Waals surface area (Å²) in [5.74, 6) is -0.193. The maximum absolute atomic E-state index is 13.5. The van der Waals surface area contributed by atoms with Gasteiger partial charge in [-0.15, -0.1) is 5.10 Å². The molecule has 2 aromatic carbocycles. The Kier molecular flexibility index (Phi) is 5.87. The summed E-state index contributed by atoms with van der Waals surface area (Å²) in [6.07, 6.45) is -3.33. The van der Waals surface area contributed by atoms with Gasteiger partial charge in [0.25, 0.3) is 0 Å². The molecule has 1 fully saturated rings. The van der Waals surface area contributed by atoms with Crippen molar-refractivity contribution in [1.82, 2.24) is 25.6 Å². The number of ether oxygens (including phenoxy) is 1. The van der Waals surface area contributed by atoms with Crippen molar-refractivity contribution in [2.45, 2.75) is 24.4 Å². The number of aromatic amines is 1. The average Bonchev–Trinajstić information content (AvgIpc) is 3.50. The molecule has 8 nitrogen and oxygen atoms in total. The van der Waals surface area contributed by atoms with Gasteiger partial charge in [-0.3, -0.25) is 4.79 Å². The highest BCUT2D eigenvalue weighted by Crippen LogP contribution is 2.49. The third kappa shape index (κ3) is 4.49. The second-order valence-electron chi connectivity index (χ2n) is 8.34. The molecule has 4 aromatic rings. The molecular weight excluding hydrogens is 497 g/mol. The van der Waals surface area contributed by atoms with E-state index in [0.29, 0.717) is 34.7 Å². The summed E-state index contributed by atoms with van der Waals surface area (Å²) in [5.41, 5.74) is 0.426. The number of alkyl halides is 3. The van der Waals surface area contributed by atoms with Crippen LogP contribution in [-0.4, -0.2) is 38.6 Å². The van der Waals surface area contributed by atoms with Crippen LogP contribution in [0, 0.1) is 0 Å². The SMILES string of the molecule is COc1cc(-c2ccc(NC(=O)C3(c4cccc(Cl)c4)CC3)cc2-c2nnn[nH]2)cc(C(F)(F)F)n1. The second-order valence-corrected chi connectivity index (χ2v) is 8.77. The molecule has 0 aliphatic heterocycles. The molecule has 0 saturated heterocycles. The van der Waals surface area contributed by atoms with Crippen LogP contribution in [0.5, 0.6) is 5.88 Å². The van der Waals surface area contributed by atoms with Crippen LogP contribution in [-0.2, 0) is 16.4 Å². The van der Waals surface area contributed by atoms with Crippen LogP contribution in [0.2, 0.25) is 5.02 Å². The maximum Gasteiger partial charge on any atom is 0.433 e. The third-order valence-electron chi connectivity index (χ3n) is 6.05. The number of anilines is 1. The van der Waals surface area contributed by atoms with Crippen LogP contribution in [0.3, 0.4) is 0 Å². The minimum absolute atomic E-state index is 0.191. The minimum atomic E-state index is -4.68. The number of aromatic nitrogens is 5. The van der Waals surface area contributed by atoms with Crippen LogP contribution in [0.15, 0.2) is 54.6 Å². The lowest BCUT2D eigenvalue weighted by atomic mass is 9.94. The van der Waals surface area contributed by atoms with Gasteiger partial charge in [0.15, 0.2) is 5.82 Å². The zero-order valence-corrected chi connectivity index (χ0v) is 19.5. The Balaban J connectivity index is 1.53. The van der Waals surface area contributed by atoms with Gasteiger partial charge in [-0.1, -0.05) is 29.8 Å². The molecule has 0 unspecified atom stereocenters. The standard InChI is InChI=1S/C24H18ClF3N6O2/c1-36-20-10-13(9-19(30-20)24(26,27)28)17-6-5-16(12-18(17)21-31-33-34-32-21)29-22(35)23(7-8-23)14-3-2-4-15(25)11-14/h2-6,9-12H,7-8H2,1H3,(H,29,35)(H,31,32,33,34). The number of methoxy groups -OCH3 is 1. The van der Waals surface area contributed by atoms with Gasteiger partial charge < -0.3 is 10.1 Å². The van der Waals surface area contributed by atoms with Crippen molar-refractivity contribution >= 4 is 23.2 Å². The second kappa shape index (κ2) is 8.90. The molecule has 0 radical (unpaired) electrons. The van der Waals surface area contributed by atoms with Crippen molar-refractivity contribution in [3.63, 3.8) is 0 Å². The Bertz CT molecular complexity index is 1440. The number of hydrogen-bond acceptors (Lipinski definition) is 6. The summed E-state index contributed by atoms with van der Waals surface area (Å²) in [7, 11) is 1.24. The first-order valence-corrected chi connectivity index (χ1v) is 11.2. The van der Waals surface area contributed by atoms with E-state index in [1.54, 1.807) is 36.4 Å². The molecule has 12 heteroatoms. The Morgan fingerprint density at radius 3 is 2.56 bits per heavy atom. The van der Waals surface area contributed by atoms with E-state index in [0.717, 1.165) is 11.6 Å². The van der Waals surface area contributed by atoms with E-state index in [1.807, 2.05) is 6.07 Å². The number of H-pyrrole nitrogens is 1. The van der Waals surface area contributed by atoms with E-state index in [-0.39, 0.29) is 23.2 Å². The molecule has 0 bridgehead atoms. The molecule has 2 aromatic heterocycles. The average molecular weight is 515 g/mol. The fourth-order valence-electron chi connectivity index (χ4n) is 4.06. The largest absolute Gasteiger partial charge is 0.481 e. The van der Waals surface area contributed by atoms with E-state index in [9.17, 15) is 18.0 Å². The van der Waals surface area contributed by atoms with Crippen LogP contribution < -0.4 is 10.1 Å². The van der Waals surface area contributed by atoms with E-state index >= 15 is 0 Å². The number of carbonyl (C=O) groups is 1. The van der Waals surface area contributed by atoms with Crippen LogP contribution in [0.25, 0.3) is 22.5 Å². The van der Waals surface area contributed by atoms with Gasteiger partial charge in [-0.25, -0.2) is 10.1 Å². The molecule has 1 aliphatic carbocycles. The van der Waals surface area contributed by atoms with Gasteiger partial charge in [0.05, 0.1) is 12.5 Å². The van der Waals surface area contributed by atoms with Crippen molar-refractivity contribution in [1.29, 1.82) is 0 Å². The number of benzene rings is 2. The first-order chi connectivity index (χ1) is 17.2. The highest BCUT2D eigenvalue weighted by Gasteiger charge is 2.51. The monoisotopic (exact) mass is 514 g/mol. The van der Waals surface area contributed by atoms with E-state index in [2.05, 4.69) is 30.9 Å². The summed E-state index contributed by atoms with van der Waals surface area (Å²) in [4.78, 5) is 16.8. The highest BCUT2D eigenvalue weighted by atomic mass is 35.5. The summed E-state index contributed by atoms with van der Waals surface area (Å²) < 4.78 is 45.3. The molecule has 2 heterocycles. The minimum Gasteiger partial charge on any atom is -0.481 e. The van der Waals surface area contributed by atoms with Crippen molar-refractivity contribution in [3.8, 4) is 28.4 Å². The number of carbonyl (C=O) groups excluding carboxylic acids is 1. The fourth-order valence-corrected chi connectivity index (χ4v) is 4.25. The zero-order valence-electron chi connectivity index (χ0n) is 18.7. The molecular formula is C24H18ClF3N6O2. The Morgan fingerprint density at radius 2 is 1.92 bits per heavy atom. The molecule has 36 heavy (non-hydrogen) atoms. The quantitative estimate of drug-likeness (QED) is 0.362. The highest BCUT2D eigenvalue weighted by molar-refractivity contribution is 6.30. The van der Waals surface area contributed by atoms with Crippen molar-refractivity contribution in [2.75, 3.05) is 12.4 Å². The smallest absolute Gasteiger partial charge is 0.433 e. The summed E-state index contributed by atoms with van der Waals surface area (Å²) in [6, 6.07) is 14.3. The van der Waals surface area contributed by atoms with E-state index < -0.39 is 17.3 Å². The molecule has 5 rings (SSSR count). The van der Waals surface area contributed by atoms with Gasteiger partial charge in [-0.05, 0) is 70.3 Å². The van der Waals surface area contributed by atoms with Crippen molar-refractivity contribution < 1.29 is 22.7 Å². The first-order valence-electron chi connectivity index (χ1n) is 10.8.